The Bertz CT molecular complexity index is 1750. The van der Waals surface area contributed by atoms with E-state index in [0.29, 0.717) is 47.4 Å². The Morgan fingerprint density at radius 1 is 1.20 bits per heavy atom. The van der Waals surface area contributed by atoms with Gasteiger partial charge in [0.1, 0.15) is 17.1 Å². The molecule has 3 N–H and O–H groups in total. The molecule has 0 amide bonds. The molecule has 13 heteroatoms. The number of ether oxygens (including phenoxy) is 1. The smallest absolute Gasteiger partial charge is 0.262 e. The molecule has 216 valence electrons. The van der Waals surface area contributed by atoms with Crippen LogP contribution in [0.4, 0.5) is 20.4 Å². The summed E-state index contributed by atoms with van der Waals surface area (Å²) in [6.07, 6.45) is 1.33. The maximum atomic E-state index is 15.9. The Labute approximate surface area is 241 Å². The summed E-state index contributed by atoms with van der Waals surface area (Å²) < 4.78 is 65.4. The number of sulfonamides is 1. The van der Waals surface area contributed by atoms with Crippen molar-refractivity contribution in [2.24, 2.45) is 0 Å². The zero-order valence-electron chi connectivity index (χ0n) is 22.5. The highest BCUT2D eigenvalue weighted by Crippen LogP contribution is 2.40. The molecule has 0 fully saturated rings. The number of nitrogens with zero attached hydrogens (tertiary/aromatic N) is 3. The molecule has 0 bridgehead atoms. The first-order valence-electron chi connectivity index (χ1n) is 12.7. The zero-order valence-corrected chi connectivity index (χ0v) is 24.1. The van der Waals surface area contributed by atoms with Crippen LogP contribution in [0.3, 0.4) is 0 Å². The summed E-state index contributed by atoms with van der Waals surface area (Å²) in [7, 11) is 0.956. The molecule has 0 spiro atoms. The van der Waals surface area contributed by atoms with E-state index in [0.717, 1.165) is 18.7 Å². The van der Waals surface area contributed by atoms with Crippen LogP contribution in [0, 0.1) is 11.6 Å². The molecule has 5 rings (SSSR count). The summed E-state index contributed by atoms with van der Waals surface area (Å²) in [5.74, 6) is -1.38. The molecule has 1 aromatic heterocycles. The third-order valence-electron chi connectivity index (χ3n) is 6.86. The molecule has 3 aromatic carbocycles. The Balaban J connectivity index is 1.52. The summed E-state index contributed by atoms with van der Waals surface area (Å²) in [4.78, 5) is 10.6. The quantitative estimate of drug-likeness (QED) is 0.245. The maximum Gasteiger partial charge on any atom is 0.262 e. The number of rotatable bonds is 9. The number of benzene rings is 3. The Morgan fingerprint density at radius 2 is 1.98 bits per heavy atom. The third-order valence-corrected chi connectivity index (χ3v) is 8.51. The van der Waals surface area contributed by atoms with Gasteiger partial charge in [-0.2, -0.15) is 0 Å². The molecule has 0 unspecified atom stereocenters. The summed E-state index contributed by atoms with van der Waals surface area (Å²) >= 11 is 6.13. The van der Waals surface area contributed by atoms with Gasteiger partial charge >= 0.3 is 0 Å². The molecule has 0 saturated carbocycles. The first-order chi connectivity index (χ1) is 19.5. The molecule has 1 heterocycles. The van der Waals surface area contributed by atoms with E-state index in [1.807, 2.05) is 19.0 Å². The fourth-order valence-electron chi connectivity index (χ4n) is 4.86. The minimum Gasteiger partial charge on any atom is -0.494 e. The van der Waals surface area contributed by atoms with E-state index < -0.39 is 39.0 Å². The van der Waals surface area contributed by atoms with Crippen molar-refractivity contribution in [2.75, 3.05) is 44.3 Å². The fraction of sp³-hybridized carbons (Fsp3) is 0.286. The average Bonchev–Trinajstić information content (AvgIpc) is 3.29. The van der Waals surface area contributed by atoms with Gasteiger partial charge in [0.25, 0.3) is 10.0 Å². The van der Waals surface area contributed by atoms with Gasteiger partial charge in [-0.05, 0) is 80.0 Å². The number of halogens is 3. The number of aromatic nitrogens is 2. The van der Waals surface area contributed by atoms with Gasteiger partial charge in [0, 0.05) is 29.7 Å². The molecule has 41 heavy (non-hydrogen) atoms. The van der Waals surface area contributed by atoms with Gasteiger partial charge in [0.05, 0.1) is 29.4 Å². The van der Waals surface area contributed by atoms with Gasteiger partial charge in [0.15, 0.2) is 5.82 Å². The van der Waals surface area contributed by atoms with E-state index in [9.17, 15) is 13.5 Å². The Morgan fingerprint density at radius 3 is 2.71 bits per heavy atom. The number of hydrogen-bond donors (Lipinski definition) is 3. The lowest BCUT2D eigenvalue weighted by Crippen LogP contribution is -2.21. The highest BCUT2D eigenvalue weighted by atomic mass is 35.5. The van der Waals surface area contributed by atoms with Crippen LogP contribution in [0.1, 0.15) is 23.7 Å². The van der Waals surface area contributed by atoms with Crippen molar-refractivity contribution >= 4 is 44.2 Å². The summed E-state index contributed by atoms with van der Waals surface area (Å²) in [5, 5.41) is 13.9. The summed E-state index contributed by atoms with van der Waals surface area (Å²) in [6.45, 7) is 1.37. The van der Waals surface area contributed by atoms with Gasteiger partial charge in [-0.3, -0.25) is 4.72 Å². The molecule has 9 nitrogen and oxygen atoms in total. The Hall–Kier alpha value is -3.58. The largest absolute Gasteiger partial charge is 0.494 e. The number of fused-ring (bicyclic) bond motifs is 2. The second-order valence-electron chi connectivity index (χ2n) is 9.96. The first kappa shape index (κ1) is 28.9. The molecule has 0 saturated heterocycles. The van der Waals surface area contributed by atoms with E-state index in [-0.39, 0.29) is 21.2 Å². The lowest BCUT2D eigenvalue weighted by atomic mass is 10.0. The number of anilines is 2. The molecule has 4 aromatic rings. The molecule has 1 atom stereocenters. The number of aliphatic hydroxyl groups excluding tert-OH is 1. The number of hydrogen-bond acceptors (Lipinski definition) is 8. The molecular weight excluding hydrogens is 576 g/mol. The molecular formula is C28H28ClF2N5O4S. The van der Waals surface area contributed by atoms with Gasteiger partial charge < -0.3 is 20.1 Å². The number of aliphatic hydroxyl groups is 1. The van der Waals surface area contributed by atoms with Crippen molar-refractivity contribution in [3.8, 4) is 16.9 Å². The normalized spacial score (nSPS) is 14.9. The van der Waals surface area contributed by atoms with Crippen LogP contribution in [0.15, 0.2) is 47.5 Å². The van der Waals surface area contributed by atoms with E-state index in [1.165, 1.54) is 37.6 Å². The third kappa shape index (κ3) is 5.78. The van der Waals surface area contributed by atoms with Crippen molar-refractivity contribution in [1.82, 2.24) is 14.9 Å². The predicted molar refractivity (Wildman–Crippen MR) is 154 cm³/mol. The standard InChI is InChI=1S/C28H28ClF2N5O4S/c1-36(2)9-8-32-28-33-14-16-10-15(11-23(40-3)27(16)34-28)25-20(30)5-6-21(26(25)31)35-41(38,39)24-13-17(29)12-19-18(24)4-7-22(19)37/h5-6,10-14,22,35,37H,4,7-9H2,1-3H3,(H,32,33,34)/t22-/m1/s1. The lowest BCUT2D eigenvalue weighted by molar-refractivity contribution is 0.180. The van der Waals surface area contributed by atoms with E-state index in [2.05, 4.69) is 20.0 Å². The van der Waals surface area contributed by atoms with Gasteiger partial charge in [-0.1, -0.05) is 11.6 Å². The Kier molecular flexibility index (Phi) is 8.02. The molecule has 1 aliphatic rings. The van der Waals surface area contributed by atoms with Crippen LogP contribution in [0.25, 0.3) is 22.0 Å². The fourth-order valence-corrected chi connectivity index (χ4v) is 6.53. The van der Waals surface area contributed by atoms with Gasteiger partial charge in [-0.25, -0.2) is 27.2 Å². The first-order valence-corrected chi connectivity index (χ1v) is 14.6. The summed E-state index contributed by atoms with van der Waals surface area (Å²) in [6, 6.07) is 7.70. The van der Waals surface area contributed by atoms with Crippen LogP contribution in [-0.4, -0.2) is 62.7 Å². The molecule has 1 aliphatic carbocycles. The van der Waals surface area contributed by atoms with E-state index in [1.54, 1.807) is 0 Å². The monoisotopic (exact) mass is 603 g/mol. The van der Waals surface area contributed by atoms with Crippen molar-refractivity contribution in [3.63, 3.8) is 0 Å². The van der Waals surface area contributed by atoms with Crippen molar-refractivity contribution < 1.29 is 27.0 Å². The van der Waals surface area contributed by atoms with Crippen LogP contribution in [0.2, 0.25) is 5.02 Å². The minimum atomic E-state index is -4.35. The lowest BCUT2D eigenvalue weighted by Gasteiger charge is -2.16. The van der Waals surface area contributed by atoms with Crippen LogP contribution >= 0.6 is 11.6 Å². The van der Waals surface area contributed by atoms with Crippen molar-refractivity contribution in [3.05, 3.63) is 70.4 Å². The van der Waals surface area contributed by atoms with Gasteiger partial charge in [-0.15, -0.1) is 0 Å². The maximum absolute atomic E-state index is 15.9. The van der Waals surface area contributed by atoms with E-state index in [4.69, 9.17) is 16.3 Å². The molecule has 0 aliphatic heterocycles. The number of methoxy groups -OCH3 is 1. The van der Waals surface area contributed by atoms with Gasteiger partial charge in [0.2, 0.25) is 5.95 Å². The summed E-state index contributed by atoms with van der Waals surface area (Å²) in [5.41, 5.74) is 0.462. The average molecular weight is 604 g/mol. The zero-order chi connectivity index (χ0) is 29.5. The minimum absolute atomic E-state index is 0.106. The topological polar surface area (TPSA) is 117 Å². The molecule has 0 radical (unpaired) electrons. The predicted octanol–water partition coefficient (Wildman–Crippen LogP) is 4.99. The second kappa shape index (κ2) is 11.4. The van der Waals surface area contributed by atoms with Crippen molar-refractivity contribution in [2.45, 2.75) is 23.8 Å². The second-order valence-corrected chi connectivity index (χ2v) is 12.0. The highest BCUT2D eigenvalue weighted by molar-refractivity contribution is 7.92. The highest BCUT2D eigenvalue weighted by Gasteiger charge is 2.30. The van der Waals surface area contributed by atoms with Crippen LogP contribution in [0.5, 0.6) is 5.75 Å². The SMILES string of the molecule is COc1cc(-c2c(F)ccc(NS(=O)(=O)c3cc(Cl)cc4c3CC[C@H]4O)c2F)cc2cnc(NCCN(C)C)nc12. The van der Waals surface area contributed by atoms with Crippen LogP contribution < -0.4 is 14.8 Å². The van der Waals surface area contributed by atoms with E-state index >= 15 is 8.78 Å². The number of likely N-dealkylation sites (N-methyl/N-ethyl adjacent to an activating group) is 1. The van der Waals surface area contributed by atoms with Crippen LogP contribution in [-0.2, 0) is 16.4 Å². The number of nitrogens with one attached hydrogen (secondary N) is 2. The van der Waals surface area contributed by atoms with Crippen molar-refractivity contribution in [1.29, 1.82) is 0 Å².